The molecule has 1 aliphatic carbocycles. The summed E-state index contributed by atoms with van der Waals surface area (Å²) in [6.07, 6.45) is 6.51. The SMILES string of the molecule is CS(=O)(=O)[N-]S(C)(=O)=O.N[C@@H]1CCCC[C@H]1[NH3+]. The van der Waals surface area contributed by atoms with Crippen molar-refractivity contribution >= 4 is 20.0 Å². The summed E-state index contributed by atoms with van der Waals surface area (Å²) in [6, 6.07) is 0.924. The van der Waals surface area contributed by atoms with E-state index >= 15 is 0 Å². The second kappa shape index (κ2) is 6.64. The molecule has 0 aromatic rings. The molecular weight excluding hydrogens is 266 g/mol. The fourth-order valence-corrected chi connectivity index (χ4v) is 3.45. The maximum atomic E-state index is 10.1. The summed E-state index contributed by atoms with van der Waals surface area (Å²) >= 11 is 0. The third-order valence-corrected chi connectivity index (χ3v) is 4.40. The second-order valence-electron chi connectivity index (χ2n) is 4.25. The van der Waals surface area contributed by atoms with Gasteiger partial charge in [-0.25, -0.2) is 16.8 Å². The van der Waals surface area contributed by atoms with Gasteiger partial charge < -0.3 is 15.6 Å². The van der Waals surface area contributed by atoms with E-state index in [9.17, 15) is 16.8 Å². The minimum atomic E-state index is -3.74. The van der Waals surface area contributed by atoms with Crippen LogP contribution in [0, 0.1) is 0 Å². The molecule has 9 heteroatoms. The number of hydrogen-bond acceptors (Lipinski definition) is 5. The van der Waals surface area contributed by atoms with Gasteiger partial charge in [0.1, 0.15) is 0 Å². The van der Waals surface area contributed by atoms with Crippen LogP contribution in [0.4, 0.5) is 0 Å². The third-order valence-electron chi connectivity index (χ3n) is 2.24. The number of hydrogen-bond donors (Lipinski definition) is 2. The van der Waals surface area contributed by atoms with Crippen LogP contribution in [-0.4, -0.2) is 41.4 Å². The van der Waals surface area contributed by atoms with E-state index in [0.29, 0.717) is 24.6 Å². The van der Waals surface area contributed by atoms with Gasteiger partial charge in [0.25, 0.3) is 0 Å². The van der Waals surface area contributed by atoms with Crippen LogP contribution in [0.15, 0.2) is 0 Å². The Balaban J connectivity index is 0.000000302. The number of nitrogens with zero attached hydrogens (tertiary/aromatic N) is 1. The first-order valence-corrected chi connectivity index (χ1v) is 8.94. The van der Waals surface area contributed by atoms with E-state index in [-0.39, 0.29) is 0 Å². The van der Waals surface area contributed by atoms with Crippen LogP contribution in [0.1, 0.15) is 25.7 Å². The molecule has 0 aromatic carbocycles. The highest BCUT2D eigenvalue weighted by Gasteiger charge is 2.19. The van der Waals surface area contributed by atoms with Crippen LogP contribution in [0.25, 0.3) is 4.13 Å². The largest absolute Gasteiger partial charge is 0.437 e. The van der Waals surface area contributed by atoms with Crippen molar-refractivity contribution in [2.75, 3.05) is 12.5 Å². The molecule has 0 aliphatic heterocycles. The molecule has 0 spiro atoms. The van der Waals surface area contributed by atoms with E-state index in [2.05, 4.69) is 9.86 Å². The maximum absolute atomic E-state index is 10.1. The molecule has 0 radical (unpaired) electrons. The predicted octanol–water partition coefficient (Wildman–Crippen LogP) is -1.22. The van der Waals surface area contributed by atoms with Gasteiger partial charge in [0.2, 0.25) is 0 Å². The van der Waals surface area contributed by atoms with Gasteiger partial charge in [0.15, 0.2) is 0 Å². The van der Waals surface area contributed by atoms with Crippen molar-refractivity contribution in [3.05, 3.63) is 4.13 Å². The molecular formula is C8H21N3O4S2. The Kier molecular flexibility index (Phi) is 6.56. The Morgan fingerprint density at radius 3 is 1.65 bits per heavy atom. The Morgan fingerprint density at radius 2 is 1.47 bits per heavy atom. The van der Waals surface area contributed by atoms with E-state index in [1.807, 2.05) is 0 Å². The Hall–Kier alpha value is -0.220. The highest BCUT2D eigenvalue weighted by molar-refractivity contribution is 8.11. The number of nitrogens with two attached hydrogens (primary N) is 1. The minimum Gasteiger partial charge on any atom is -0.437 e. The average Bonchev–Trinajstić information content (AvgIpc) is 2.04. The second-order valence-corrected chi connectivity index (χ2v) is 7.78. The van der Waals surface area contributed by atoms with E-state index in [1.165, 1.54) is 25.7 Å². The summed E-state index contributed by atoms with van der Waals surface area (Å²) in [5.74, 6) is 0. The topological polar surface area (TPSA) is 136 Å². The van der Waals surface area contributed by atoms with Crippen molar-refractivity contribution in [2.45, 2.75) is 37.8 Å². The quantitative estimate of drug-likeness (QED) is 0.655. The third kappa shape index (κ3) is 10.6. The van der Waals surface area contributed by atoms with Gasteiger partial charge in [-0.1, -0.05) is 6.42 Å². The van der Waals surface area contributed by atoms with Crippen LogP contribution >= 0.6 is 0 Å². The Labute approximate surface area is 103 Å². The van der Waals surface area contributed by atoms with Gasteiger partial charge in [-0.3, -0.25) is 0 Å². The van der Waals surface area contributed by atoms with Crippen molar-refractivity contribution < 1.29 is 22.6 Å². The zero-order valence-electron chi connectivity index (χ0n) is 10.2. The first kappa shape index (κ1) is 16.8. The predicted molar refractivity (Wildman–Crippen MR) is 66.2 cm³/mol. The van der Waals surface area contributed by atoms with Crippen LogP contribution in [-0.2, 0) is 20.0 Å². The molecule has 17 heavy (non-hydrogen) atoms. The van der Waals surface area contributed by atoms with Crippen molar-refractivity contribution in [3.63, 3.8) is 0 Å². The molecule has 0 aromatic heterocycles. The lowest BCUT2D eigenvalue weighted by molar-refractivity contribution is -0.429. The fraction of sp³-hybridized carbons (Fsp3) is 1.00. The van der Waals surface area contributed by atoms with E-state index in [1.54, 1.807) is 0 Å². The molecule has 0 amide bonds. The van der Waals surface area contributed by atoms with Crippen molar-refractivity contribution in [1.29, 1.82) is 0 Å². The van der Waals surface area contributed by atoms with E-state index in [0.717, 1.165) is 0 Å². The van der Waals surface area contributed by atoms with Gasteiger partial charge in [-0.15, -0.1) is 0 Å². The lowest BCUT2D eigenvalue weighted by Gasteiger charge is -2.21. The minimum absolute atomic E-state index is 0.392. The van der Waals surface area contributed by atoms with Crippen LogP contribution in [0.5, 0.6) is 0 Å². The first-order chi connectivity index (χ1) is 7.51. The zero-order chi connectivity index (χ0) is 13.7. The highest BCUT2D eigenvalue weighted by atomic mass is 32.3. The van der Waals surface area contributed by atoms with Crippen LogP contribution < -0.4 is 11.5 Å². The molecule has 1 rings (SSSR count). The summed E-state index contributed by atoms with van der Waals surface area (Å²) in [7, 11) is -7.49. The molecule has 1 aliphatic rings. The standard InChI is InChI=1S/C6H14N2.C2H6NO4S2/c7-5-3-1-2-4-6(5)8;1-8(4,5)3-9(2,6)7/h5-6H,1-4,7-8H2;1-2H3/q;-1/p+1/t5-,6-;/m1./s1. The number of quaternary nitrogens is 1. The molecule has 0 bridgehead atoms. The van der Waals surface area contributed by atoms with Crippen LogP contribution in [0.3, 0.4) is 0 Å². The monoisotopic (exact) mass is 287 g/mol. The summed E-state index contributed by atoms with van der Waals surface area (Å²) in [5, 5.41) is 0. The van der Waals surface area contributed by atoms with E-state index < -0.39 is 20.0 Å². The lowest BCUT2D eigenvalue weighted by Crippen LogP contribution is -2.69. The van der Waals surface area contributed by atoms with Crippen molar-refractivity contribution in [3.8, 4) is 0 Å². The number of sulfonamides is 2. The average molecular weight is 287 g/mol. The highest BCUT2D eigenvalue weighted by Crippen LogP contribution is 2.13. The summed E-state index contributed by atoms with van der Waals surface area (Å²) < 4.78 is 42.9. The molecule has 0 unspecified atom stereocenters. The molecule has 1 saturated carbocycles. The molecule has 1 fully saturated rings. The Morgan fingerprint density at radius 1 is 1.06 bits per heavy atom. The summed E-state index contributed by atoms with van der Waals surface area (Å²) in [5.41, 5.74) is 9.67. The summed E-state index contributed by atoms with van der Waals surface area (Å²) in [4.78, 5) is 0. The van der Waals surface area contributed by atoms with Gasteiger partial charge in [-0.05, 0) is 12.8 Å². The molecule has 0 saturated heterocycles. The first-order valence-electron chi connectivity index (χ1n) is 5.24. The van der Waals surface area contributed by atoms with Gasteiger partial charge in [0, 0.05) is 18.9 Å². The molecule has 2 atom stereocenters. The molecule has 5 N–H and O–H groups in total. The Bertz CT molecular complexity index is 378. The molecule has 104 valence electrons. The van der Waals surface area contributed by atoms with Gasteiger partial charge in [0.05, 0.1) is 32.1 Å². The summed E-state index contributed by atoms with van der Waals surface area (Å²) in [6.45, 7) is 0. The smallest absolute Gasteiger partial charge is 0.0996 e. The normalized spacial score (nSPS) is 25.9. The fourth-order valence-electron chi connectivity index (χ4n) is 1.48. The van der Waals surface area contributed by atoms with Crippen molar-refractivity contribution in [2.24, 2.45) is 5.73 Å². The number of rotatable bonds is 2. The molecule has 0 heterocycles. The lowest BCUT2D eigenvalue weighted by atomic mass is 9.92. The van der Waals surface area contributed by atoms with Gasteiger partial charge >= 0.3 is 0 Å². The molecule has 7 nitrogen and oxygen atoms in total. The zero-order valence-corrected chi connectivity index (χ0v) is 11.8. The van der Waals surface area contributed by atoms with E-state index in [4.69, 9.17) is 5.73 Å². The maximum Gasteiger partial charge on any atom is 0.0996 e. The van der Waals surface area contributed by atoms with Gasteiger partial charge in [-0.2, -0.15) is 0 Å². The van der Waals surface area contributed by atoms with Crippen molar-refractivity contribution in [1.82, 2.24) is 0 Å². The van der Waals surface area contributed by atoms with Crippen LogP contribution in [0.2, 0.25) is 0 Å².